The number of rotatable bonds is 2. The first kappa shape index (κ1) is 10.8. The monoisotopic (exact) mass is 169 g/mol. The largest absolute Gasteiger partial charge is 0.395 e. The molecule has 0 aromatic heterocycles. The first-order valence-electron chi connectivity index (χ1n) is 3.52. The van der Waals surface area contributed by atoms with Gasteiger partial charge in [-0.1, -0.05) is 13.8 Å². The molecule has 0 rings (SSSR count). The van der Waals surface area contributed by atoms with Crippen LogP contribution in [0.2, 0.25) is 0 Å². The number of hydrogen-bond acceptors (Lipinski definition) is 1. The van der Waals surface area contributed by atoms with Crippen molar-refractivity contribution in [2.45, 2.75) is 26.9 Å². The van der Waals surface area contributed by atoms with Crippen LogP contribution in [0.25, 0.3) is 0 Å². The molecule has 0 saturated carbocycles. The second-order valence-corrected chi connectivity index (χ2v) is 3.27. The molecule has 68 valence electrons. The van der Waals surface area contributed by atoms with E-state index < -0.39 is 17.5 Å². The van der Waals surface area contributed by atoms with E-state index in [4.69, 9.17) is 5.73 Å². The van der Waals surface area contributed by atoms with Gasteiger partial charge < -0.3 is 5.73 Å². The van der Waals surface area contributed by atoms with Crippen LogP contribution in [0.5, 0.6) is 0 Å². The topological polar surface area (TPSA) is 26.0 Å². The second-order valence-electron chi connectivity index (χ2n) is 3.27. The lowest BCUT2D eigenvalue weighted by Gasteiger charge is -2.34. The van der Waals surface area contributed by atoms with E-state index in [1.165, 1.54) is 13.8 Å². The summed E-state index contributed by atoms with van der Waals surface area (Å²) >= 11 is 0. The first-order valence-corrected chi connectivity index (χ1v) is 3.52. The predicted molar refractivity (Wildman–Crippen MR) is 38.1 cm³/mol. The molecule has 0 aromatic rings. The van der Waals surface area contributed by atoms with Gasteiger partial charge in [0.1, 0.15) is 0 Å². The molecule has 11 heavy (non-hydrogen) atoms. The molecule has 1 atom stereocenters. The Balaban J connectivity index is 4.61. The van der Waals surface area contributed by atoms with Gasteiger partial charge in [-0.2, -0.15) is 13.2 Å². The normalized spacial score (nSPS) is 18.5. The molecule has 1 unspecified atom stereocenters. The number of nitrogens with two attached hydrogens (primary N) is 1. The van der Waals surface area contributed by atoms with Crippen LogP contribution in [0.15, 0.2) is 0 Å². The Bertz CT molecular complexity index is 130. The zero-order valence-corrected chi connectivity index (χ0v) is 7.00. The lowest BCUT2D eigenvalue weighted by Crippen LogP contribution is -2.45. The molecule has 0 aliphatic heterocycles. The summed E-state index contributed by atoms with van der Waals surface area (Å²) < 4.78 is 36.8. The van der Waals surface area contributed by atoms with Gasteiger partial charge in [0.15, 0.2) is 0 Å². The van der Waals surface area contributed by atoms with E-state index >= 15 is 0 Å². The Labute approximate surface area is 64.8 Å². The van der Waals surface area contributed by atoms with Crippen molar-refractivity contribution in [1.82, 2.24) is 0 Å². The third-order valence-electron chi connectivity index (χ3n) is 2.35. The Morgan fingerprint density at radius 1 is 1.27 bits per heavy atom. The van der Waals surface area contributed by atoms with E-state index in [-0.39, 0.29) is 6.54 Å². The van der Waals surface area contributed by atoms with Gasteiger partial charge in [0.2, 0.25) is 0 Å². The maximum Gasteiger partial charge on any atom is 0.395 e. The highest BCUT2D eigenvalue weighted by molar-refractivity contribution is 4.85. The fourth-order valence-corrected chi connectivity index (χ4v) is 0.679. The Hall–Kier alpha value is -0.250. The van der Waals surface area contributed by atoms with Crippen LogP contribution < -0.4 is 5.73 Å². The minimum absolute atomic E-state index is 0.353. The predicted octanol–water partition coefficient (Wildman–Crippen LogP) is 2.17. The van der Waals surface area contributed by atoms with Gasteiger partial charge in [0, 0.05) is 6.54 Å². The molecule has 0 aliphatic carbocycles. The second kappa shape index (κ2) is 3.01. The maximum absolute atomic E-state index is 12.3. The third-order valence-corrected chi connectivity index (χ3v) is 2.35. The number of halogens is 3. The Morgan fingerprint density at radius 2 is 1.64 bits per heavy atom. The van der Waals surface area contributed by atoms with Crippen LogP contribution in [0, 0.1) is 11.3 Å². The van der Waals surface area contributed by atoms with Gasteiger partial charge in [-0.05, 0) is 12.8 Å². The molecule has 0 aliphatic rings. The van der Waals surface area contributed by atoms with Gasteiger partial charge >= 0.3 is 6.18 Å². The Kier molecular flexibility index (Phi) is 2.94. The van der Waals surface area contributed by atoms with Crippen molar-refractivity contribution in [2.24, 2.45) is 17.1 Å². The average molecular weight is 169 g/mol. The van der Waals surface area contributed by atoms with Crippen molar-refractivity contribution in [3.63, 3.8) is 0 Å². The summed E-state index contributed by atoms with van der Waals surface area (Å²) in [5, 5.41) is 0. The lowest BCUT2D eigenvalue weighted by molar-refractivity contribution is -0.228. The van der Waals surface area contributed by atoms with Crippen LogP contribution in [0.3, 0.4) is 0 Å². The summed E-state index contributed by atoms with van der Waals surface area (Å²) in [6, 6.07) is 0. The van der Waals surface area contributed by atoms with Gasteiger partial charge in [-0.3, -0.25) is 0 Å². The summed E-state index contributed by atoms with van der Waals surface area (Å²) in [6.45, 7) is 3.85. The van der Waals surface area contributed by atoms with Crippen LogP contribution in [0.1, 0.15) is 20.8 Å². The molecule has 0 spiro atoms. The third kappa shape index (κ3) is 1.86. The molecule has 0 heterocycles. The molecule has 0 aromatic carbocycles. The maximum atomic E-state index is 12.3. The first-order chi connectivity index (χ1) is 4.75. The van der Waals surface area contributed by atoms with Crippen molar-refractivity contribution in [3.8, 4) is 0 Å². The highest BCUT2D eigenvalue weighted by Crippen LogP contribution is 2.42. The summed E-state index contributed by atoms with van der Waals surface area (Å²) in [5.41, 5.74) is 3.33. The molecule has 0 amide bonds. The molecule has 1 nitrogen and oxygen atoms in total. The summed E-state index contributed by atoms with van der Waals surface area (Å²) in [6.07, 6.45) is -4.20. The zero-order valence-electron chi connectivity index (χ0n) is 7.00. The zero-order chi connectivity index (χ0) is 9.28. The number of alkyl halides is 3. The van der Waals surface area contributed by atoms with Crippen LogP contribution >= 0.6 is 0 Å². The minimum Gasteiger partial charge on any atom is -0.330 e. The van der Waals surface area contributed by atoms with Gasteiger partial charge in [-0.25, -0.2) is 0 Å². The van der Waals surface area contributed by atoms with E-state index in [0.717, 1.165) is 6.92 Å². The van der Waals surface area contributed by atoms with Gasteiger partial charge in [0.05, 0.1) is 5.41 Å². The van der Waals surface area contributed by atoms with Gasteiger partial charge in [-0.15, -0.1) is 0 Å². The highest BCUT2D eigenvalue weighted by Gasteiger charge is 2.51. The van der Waals surface area contributed by atoms with E-state index in [1.807, 2.05) is 0 Å². The minimum atomic E-state index is -4.20. The van der Waals surface area contributed by atoms with Gasteiger partial charge in [0.25, 0.3) is 0 Å². The SMILES string of the molecule is CC(C)C(C)(CN)C(F)(F)F. The number of hydrogen-bond donors (Lipinski definition) is 1. The quantitative estimate of drug-likeness (QED) is 0.673. The fourth-order valence-electron chi connectivity index (χ4n) is 0.679. The molecule has 0 radical (unpaired) electrons. The average Bonchev–Trinajstić information content (AvgIpc) is 1.83. The Morgan fingerprint density at radius 3 is 1.64 bits per heavy atom. The molecule has 0 bridgehead atoms. The van der Waals surface area contributed by atoms with E-state index in [9.17, 15) is 13.2 Å². The molecular formula is C7H14F3N. The van der Waals surface area contributed by atoms with E-state index in [2.05, 4.69) is 0 Å². The lowest BCUT2D eigenvalue weighted by atomic mass is 9.78. The highest BCUT2D eigenvalue weighted by atomic mass is 19.4. The standard InChI is InChI=1S/C7H14F3N/c1-5(2)6(3,4-11)7(8,9)10/h5H,4,11H2,1-3H3. The van der Waals surface area contributed by atoms with Crippen molar-refractivity contribution in [3.05, 3.63) is 0 Å². The molecule has 0 saturated heterocycles. The van der Waals surface area contributed by atoms with Crippen LogP contribution in [-0.2, 0) is 0 Å². The van der Waals surface area contributed by atoms with Crippen molar-refractivity contribution in [2.75, 3.05) is 6.54 Å². The van der Waals surface area contributed by atoms with E-state index in [0.29, 0.717) is 0 Å². The smallest absolute Gasteiger partial charge is 0.330 e. The molecule has 2 N–H and O–H groups in total. The summed E-state index contributed by atoms with van der Waals surface area (Å²) in [7, 11) is 0. The molecular weight excluding hydrogens is 155 g/mol. The molecule has 4 heteroatoms. The van der Waals surface area contributed by atoms with Crippen molar-refractivity contribution in [1.29, 1.82) is 0 Å². The van der Waals surface area contributed by atoms with Crippen LogP contribution in [0.4, 0.5) is 13.2 Å². The van der Waals surface area contributed by atoms with E-state index in [1.54, 1.807) is 0 Å². The van der Waals surface area contributed by atoms with Crippen LogP contribution in [-0.4, -0.2) is 12.7 Å². The summed E-state index contributed by atoms with van der Waals surface area (Å²) in [4.78, 5) is 0. The van der Waals surface area contributed by atoms with Crippen molar-refractivity contribution < 1.29 is 13.2 Å². The summed E-state index contributed by atoms with van der Waals surface area (Å²) in [5.74, 6) is -0.479. The van der Waals surface area contributed by atoms with Crippen molar-refractivity contribution >= 4 is 0 Å². The fraction of sp³-hybridized carbons (Fsp3) is 1.00. The molecule has 0 fully saturated rings.